The number of fused-ring (bicyclic) bond motifs is 14. The molecular weight excluding hydrogens is 631 g/mol. The van der Waals surface area contributed by atoms with Gasteiger partial charge in [0.05, 0.1) is 5.41 Å². The molecule has 8 aromatic carbocycles. The van der Waals surface area contributed by atoms with Crippen molar-refractivity contribution in [3.8, 4) is 67.5 Å². The van der Waals surface area contributed by atoms with Gasteiger partial charge in [-0.05, 0) is 96.4 Å². The van der Waals surface area contributed by atoms with Crippen molar-refractivity contribution in [1.82, 2.24) is 0 Å². The fraction of sp³-hybridized carbons (Fsp3) is 0.0204. The van der Waals surface area contributed by atoms with E-state index in [4.69, 9.17) is 9.47 Å². The summed E-state index contributed by atoms with van der Waals surface area (Å²) in [6.07, 6.45) is 0. The highest BCUT2D eigenvalue weighted by Gasteiger charge is 2.51. The molecule has 12 rings (SSSR count). The Balaban J connectivity index is 1.08. The van der Waals surface area contributed by atoms with Crippen LogP contribution in [0.15, 0.2) is 176 Å². The fourth-order valence-electron chi connectivity index (χ4n) is 9.85. The molecule has 2 heterocycles. The summed E-state index contributed by atoms with van der Waals surface area (Å²) in [6.45, 7) is 0.0212. The van der Waals surface area contributed by atoms with Crippen molar-refractivity contribution in [3.05, 3.63) is 198 Å². The van der Waals surface area contributed by atoms with Crippen molar-refractivity contribution >= 4 is 23.1 Å². The summed E-state index contributed by atoms with van der Waals surface area (Å²) in [7, 11) is 0. The quantitative estimate of drug-likeness (QED) is 0.172. The van der Waals surface area contributed by atoms with Gasteiger partial charge in [-0.25, -0.2) is 0 Å². The van der Waals surface area contributed by atoms with E-state index >= 15 is 0 Å². The number of rotatable bonds is 2. The monoisotopic (exact) mass is 660 g/mol. The van der Waals surface area contributed by atoms with E-state index in [1.165, 1.54) is 55.6 Å². The minimum absolute atomic E-state index is 0.0212. The van der Waals surface area contributed by atoms with Crippen LogP contribution in [0.2, 0.25) is 0 Å². The molecule has 0 unspecified atom stereocenters. The molecule has 4 aliphatic rings. The Labute approximate surface area is 302 Å². The van der Waals surface area contributed by atoms with Crippen LogP contribution in [0.4, 0.5) is 0 Å². The van der Waals surface area contributed by atoms with Crippen LogP contribution >= 0.6 is 0 Å². The van der Waals surface area contributed by atoms with Gasteiger partial charge in [0.1, 0.15) is 23.0 Å². The van der Waals surface area contributed by atoms with Crippen molar-refractivity contribution < 1.29 is 9.47 Å². The summed E-state index contributed by atoms with van der Waals surface area (Å²) in [6, 6.07) is 64.1. The minimum Gasteiger partial charge on any atom is -0.458 e. The van der Waals surface area contributed by atoms with Crippen molar-refractivity contribution in [2.75, 3.05) is 0 Å². The SMILES string of the molecule is c1ccc2c(c1)Oc1cccc3c1B2c1cccc(-c2ccccc2-c2ccc4c(c2)C2(c5ccccc5-c5ccccc52)c2ccccc2-4)c1O3. The van der Waals surface area contributed by atoms with Gasteiger partial charge in [0, 0.05) is 11.0 Å². The highest BCUT2D eigenvalue weighted by Crippen LogP contribution is 2.63. The Morgan fingerprint density at radius 3 is 1.56 bits per heavy atom. The molecule has 1 spiro atoms. The summed E-state index contributed by atoms with van der Waals surface area (Å²) in [5.74, 6) is 3.52. The maximum absolute atomic E-state index is 6.91. The summed E-state index contributed by atoms with van der Waals surface area (Å²) < 4.78 is 13.3. The van der Waals surface area contributed by atoms with Crippen LogP contribution in [-0.2, 0) is 5.41 Å². The zero-order chi connectivity index (χ0) is 34.0. The molecule has 0 radical (unpaired) electrons. The minimum atomic E-state index is -0.392. The second-order valence-electron chi connectivity index (χ2n) is 14.3. The van der Waals surface area contributed by atoms with Gasteiger partial charge in [0.2, 0.25) is 0 Å². The second kappa shape index (κ2) is 10.2. The lowest BCUT2D eigenvalue weighted by Gasteiger charge is -2.33. The number of hydrogen-bond acceptors (Lipinski definition) is 2. The molecule has 52 heavy (non-hydrogen) atoms. The Morgan fingerprint density at radius 2 is 0.846 bits per heavy atom. The molecule has 3 heteroatoms. The third-order valence-electron chi connectivity index (χ3n) is 11.9. The Kier molecular flexibility index (Phi) is 5.55. The van der Waals surface area contributed by atoms with Crippen LogP contribution in [0.5, 0.6) is 23.0 Å². The number of benzene rings is 8. The van der Waals surface area contributed by atoms with E-state index in [2.05, 4.69) is 164 Å². The van der Waals surface area contributed by atoms with Gasteiger partial charge in [0.25, 0.3) is 6.71 Å². The van der Waals surface area contributed by atoms with E-state index in [1.807, 2.05) is 12.1 Å². The summed E-state index contributed by atoms with van der Waals surface area (Å²) >= 11 is 0. The van der Waals surface area contributed by atoms with Crippen molar-refractivity contribution in [1.29, 1.82) is 0 Å². The van der Waals surface area contributed by atoms with Crippen LogP contribution in [0.25, 0.3) is 44.5 Å². The van der Waals surface area contributed by atoms with Crippen LogP contribution in [-0.4, -0.2) is 6.71 Å². The maximum atomic E-state index is 6.91. The zero-order valence-electron chi connectivity index (χ0n) is 28.1. The predicted molar refractivity (Wildman–Crippen MR) is 211 cm³/mol. The molecule has 2 nitrogen and oxygen atoms in total. The topological polar surface area (TPSA) is 18.5 Å². The molecule has 0 aromatic heterocycles. The highest BCUT2D eigenvalue weighted by atomic mass is 16.5. The van der Waals surface area contributed by atoms with E-state index in [-0.39, 0.29) is 6.71 Å². The van der Waals surface area contributed by atoms with Gasteiger partial charge in [0.15, 0.2) is 0 Å². The maximum Gasteiger partial charge on any atom is 0.260 e. The third kappa shape index (κ3) is 3.50. The number of para-hydroxylation sites is 2. The first-order valence-electron chi connectivity index (χ1n) is 18.0. The van der Waals surface area contributed by atoms with E-state index < -0.39 is 5.41 Å². The smallest absolute Gasteiger partial charge is 0.260 e. The Bertz CT molecular complexity index is 2770. The first kappa shape index (κ1) is 28.2. The largest absolute Gasteiger partial charge is 0.458 e. The van der Waals surface area contributed by atoms with E-state index in [9.17, 15) is 0 Å². The fourth-order valence-corrected chi connectivity index (χ4v) is 9.85. The molecule has 0 atom stereocenters. The average molecular weight is 661 g/mol. The first-order chi connectivity index (χ1) is 25.8. The van der Waals surface area contributed by atoms with Crippen LogP contribution in [0, 0.1) is 0 Å². The van der Waals surface area contributed by atoms with E-state index in [1.54, 1.807) is 0 Å². The van der Waals surface area contributed by atoms with E-state index in [0.29, 0.717) is 0 Å². The molecular formula is C49H29BO2. The standard InChI is InChI=1S/C49H29BO2/c1-2-14-32(37-18-11-23-43-48(37)52-46-26-12-25-45-47(46)50(43)42-22-9-10-24-44(42)51-45)31(13-1)30-27-28-36-35-17-5-8-21-40(35)49(41(36)29-30)38-19-6-3-15-33(38)34-16-4-7-20-39(34)49/h1-29H. The van der Waals surface area contributed by atoms with Gasteiger partial charge in [-0.1, -0.05) is 152 Å². The Hall–Kier alpha value is -6.58. The van der Waals surface area contributed by atoms with Crippen LogP contribution < -0.4 is 25.9 Å². The summed E-state index contributed by atoms with van der Waals surface area (Å²) in [4.78, 5) is 0. The lowest BCUT2D eigenvalue weighted by Crippen LogP contribution is -2.57. The van der Waals surface area contributed by atoms with Crippen LogP contribution in [0.1, 0.15) is 22.3 Å². The van der Waals surface area contributed by atoms with Gasteiger partial charge in [-0.2, -0.15) is 0 Å². The molecule has 240 valence electrons. The molecule has 0 bridgehead atoms. The normalized spacial score (nSPS) is 14.2. The van der Waals surface area contributed by atoms with Crippen molar-refractivity contribution in [2.24, 2.45) is 0 Å². The summed E-state index contributed by atoms with van der Waals surface area (Å²) in [5, 5.41) is 0. The van der Waals surface area contributed by atoms with E-state index in [0.717, 1.165) is 50.5 Å². The highest BCUT2D eigenvalue weighted by molar-refractivity contribution is 6.98. The summed E-state index contributed by atoms with van der Waals surface area (Å²) in [5.41, 5.74) is 18.3. The molecule has 0 amide bonds. The van der Waals surface area contributed by atoms with Crippen LogP contribution in [0.3, 0.4) is 0 Å². The second-order valence-corrected chi connectivity index (χ2v) is 14.3. The Morgan fingerprint density at radius 1 is 0.346 bits per heavy atom. The number of ether oxygens (including phenoxy) is 2. The molecule has 0 saturated heterocycles. The average Bonchev–Trinajstić information content (AvgIpc) is 3.68. The molecule has 0 saturated carbocycles. The van der Waals surface area contributed by atoms with Gasteiger partial charge < -0.3 is 9.47 Å². The number of hydrogen-bond donors (Lipinski definition) is 0. The molecule has 0 fully saturated rings. The lowest BCUT2D eigenvalue weighted by molar-refractivity contribution is 0.465. The first-order valence-corrected chi connectivity index (χ1v) is 18.0. The van der Waals surface area contributed by atoms with Gasteiger partial charge in [-0.15, -0.1) is 0 Å². The molecule has 2 aliphatic heterocycles. The van der Waals surface area contributed by atoms with Gasteiger partial charge in [-0.3, -0.25) is 0 Å². The van der Waals surface area contributed by atoms with Crippen molar-refractivity contribution in [3.63, 3.8) is 0 Å². The lowest BCUT2D eigenvalue weighted by atomic mass is 9.34. The molecule has 8 aromatic rings. The van der Waals surface area contributed by atoms with Gasteiger partial charge >= 0.3 is 0 Å². The third-order valence-corrected chi connectivity index (χ3v) is 11.9. The molecule has 2 aliphatic carbocycles. The van der Waals surface area contributed by atoms with Crippen molar-refractivity contribution in [2.45, 2.75) is 5.41 Å². The molecule has 0 N–H and O–H groups in total. The predicted octanol–water partition coefficient (Wildman–Crippen LogP) is 10.1. The zero-order valence-corrected chi connectivity index (χ0v) is 28.1.